The molecule has 4 N–H and O–H groups in total. The molecule has 6 nitrogen and oxygen atoms in total. The Hall–Kier alpha value is -0.730. The van der Waals surface area contributed by atoms with E-state index in [1.54, 1.807) is 18.0 Å². The molecular formula is C12H23N3O3S2. The number of nitrogens with one attached hydrogen (secondary N) is 2. The molecule has 0 spiro atoms. The number of nitrogens with two attached hydrogens (primary N) is 1. The van der Waals surface area contributed by atoms with Crippen molar-refractivity contribution in [3.05, 3.63) is 0 Å². The van der Waals surface area contributed by atoms with Gasteiger partial charge in [0, 0.05) is 18.7 Å². The Balaban J connectivity index is 3.77. The van der Waals surface area contributed by atoms with E-state index in [4.69, 9.17) is 5.73 Å². The molecule has 8 heteroatoms. The van der Waals surface area contributed by atoms with Crippen LogP contribution < -0.4 is 16.4 Å². The summed E-state index contributed by atoms with van der Waals surface area (Å²) in [5.41, 5.74) is 5.70. The van der Waals surface area contributed by atoms with Crippen LogP contribution >= 0.6 is 23.5 Å². The fourth-order valence-corrected chi connectivity index (χ4v) is 2.19. The van der Waals surface area contributed by atoms with Crippen LogP contribution in [0.1, 0.15) is 20.3 Å². The second-order valence-corrected chi connectivity index (χ2v) is 6.86. The standard InChI is InChI=1S/C12H23N3O3S2/c1-8(2)20-7-9(13)12(18)15-6-10(16)14-5-4-11(17)19-3/h8-9H,4-7,13H2,1-3H3,(H,14,16)(H,15,18)/t9-/m0/s1. The smallest absolute Gasteiger partial charge is 0.239 e. The summed E-state index contributed by atoms with van der Waals surface area (Å²) in [6.07, 6.45) is 1.98. The van der Waals surface area contributed by atoms with Crippen LogP contribution in [0.15, 0.2) is 0 Å². The second-order valence-electron chi connectivity index (χ2n) is 4.38. The van der Waals surface area contributed by atoms with Crippen LogP contribution in [-0.4, -0.2) is 53.3 Å². The molecule has 2 amide bonds. The van der Waals surface area contributed by atoms with Gasteiger partial charge in [-0.1, -0.05) is 25.6 Å². The summed E-state index contributed by atoms with van der Waals surface area (Å²) in [4.78, 5) is 34.0. The van der Waals surface area contributed by atoms with Gasteiger partial charge in [-0.05, 0) is 11.5 Å². The lowest BCUT2D eigenvalue weighted by molar-refractivity contribution is -0.126. The predicted molar refractivity (Wildman–Crippen MR) is 84.7 cm³/mol. The highest BCUT2D eigenvalue weighted by Crippen LogP contribution is 2.09. The summed E-state index contributed by atoms with van der Waals surface area (Å²) in [6.45, 7) is 4.22. The lowest BCUT2D eigenvalue weighted by atomic mass is 10.3. The third kappa shape index (κ3) is 10.1. The monoisotopic (exact) mass is 321 g/mol. The first kappa shape index (κ1) is 19.3. The van der Waals surface area contributed by atoms with Gasteiger partial charge >= 0.3 is 0 Å². The van der Waals surface area contributed by atoms with E-state index in [1.807, 2.05) is 13.8 Å². The molecule has 0 bridgehead atoms. The average Bonchev–Trinajstić information content (AvgIpc) is 2.41. The number of amides is 2. The van der Waals surface area contributed by atoms with E-state index in [1.165, 1.54) is 0 Å². The first-order valence-corrected chi connectivity index (χ1v) is 8.62. The van der Waals surface area contributed by atoms with Gasteiger partial charge in [0.2, 0.25) is 11.8 Å². The zero-order valence-electron chi connectivity index (χ0n) is 12.1. The maximum Gasteiger partial charge on any atom is 0.239 e. The van der Waals surface area contributed by atoms with Gasteiger partial charge in [0.15, 0.2) is 5.12 Å². The highest BCUT2D eigenvalue weighted by atomic mass is 32.2. The average molecular weight is 321 g/mol. The SMILES string of the molecule is CSC(=O)CCNC(=O)CNC(=O)[C@@H](N)CSC(C)C. The van der Waals surface area contributed by atoms with Gasteiger partial charge in [-0.2, -0.15) is 11.8 Å². The Labute approximate surface area is 128 Å². The Morgan fingerprint density at radius 3 is 2.40 bits per heavy atom. The molecule has 0 aliphatic carbocycles. The number of hydrogen-bond donors (Lipinski definition) is 3. The number of hydrogen-bond acceptors (Lipinski definition) is 6. The van der Waals surface area contributed by atoms with Gasteiger partial charge in [-0.3, -0.25) is 14.4 Å². The molecule has 0 unspecified atom stereocenters. The maximum absolute atomic E-state index is 11.6. The zero-order chi connectivity index (χ0) is 15.5. The number of thioether (sulfide) groups is 2. The molecule has 116 valence electrons. The second kappa shape index (κ2) is 11.0. The molecule has 0 aliphatic rings. The molecule has 20 heavy (non-hydrogen) atoms. The third-order valence-electron chi connectivity index (χ3n) is 2.25. The quantitative estimate of drug-likeness (QED) is 0.551. The molecule has 0 fully saturated rings. The predicted octanol–water partition coefficient (Wildman–Crippen LogP) is -0.0326. The van der Waals surface area contributed by atoms with Crippen LogP contribution in [-0.2, 0) is 14.4 Å². The number of carbonyl (C=O) groups excluding carboxylic acids is 3. The molecule has 0 saturated heterocycles. The van der Waals surface area contributed by atoms with Crippen molar-refractivity contribution >= 4 is 40.5 Å². The van der Waals surface area contributed by atoms with Gasteiger partial charge in [0.05, 0.1) is 12.6 Å². The van der Waals surface area contributed by atoms with E-state index in [2.05, 4.69) is 10.6 Å². The Morgan fingerprint density at radius 2 is 1.85 bits per heavy atom. The highest BCUT2D eigenvalue weighted by molar-refractivity contribution is 8.13. The minimum absolute atomic E-state index is 0.0158. The van der Waals surface area contributed by atoms with Gasteiger partial charge in [-0.15, -0.1) is 0 Å². The van der Waals surface area contributed by atoms with Crippen LogP contribution in [0.4, 0.5) is 0 Å². The Kier molecular flexibility index (Phi) is 10.6. The Morgan fingerprint density at radius 1 is 1.20 bits per heavy atom. The molecule has 0 aromatic carbocycles. The van der Waals surface area contributed by atoms with Crippen LogP contribution in [0.2, 0.25) is 0 Å². The van der Waals surface area contributed by atoms with Crippen molar-refractivity contribution in [2.45, 2.75) is 31.6 Å². The molecule has 0 aromatic rings. The van der Waals surface area contributed by atoms with E-state index in [9.17, 15) is 14.4 Å². The molecule has 0 radical (unpaired) electrons. The van der Waals surface area contributed by atoms with Crippen molar-refractivity contribution in [2.75, 3.05) is 25.1 Å². The largest absolute Gasteiger partial charge is 0.354 e. The van der Waals surface area contributed by atoms with Crippen molar-refractivity contribution in [1.82, 2.24) is 10.6 Å². The van der Waals surface area contributed by atoms with E-state index < -0.39 is 6.04 Å². The molecule has 0 saturated carbocycles. The lowest BCUT2D eigenvalue weighted by Crippen LogP contribution is -2.46. The van der Waals surface area contributed by atoms with E-state index in [-0.39, 0.29) is 36.4 Å². The first-order valence-electron chi connectivity index (χ1n) is 6.35. The van der Waals surface area contributed by atoms with Crippen LogP contribution in [0.3, 0.4) is 0 Å². The number of carbonyl (C=O) groups is 3. The summed E-state index contributed by atoms with van der Waals surface area (Å²) in [7, 11) is 0. The summed E-state index contributed by atoms with van der Waals surface area (Å²) >= 11 is 2.72. The maximum atomic E-state index is 11.6. The molecule has 0 aliphatic heterocycles. The first-order chi connectivity index (χ1) is 9.36. The summed E-state index contributed by atoms with van der Waals surface area (Å²) in [5, 5.41) is 5.46. The molecule has 0 heterocycles. The number of rotatable bonds is 9. The van der Waals surface area contributed by atoms with Crippen LogP contribution in [0.5, 0.6) is 0 Å². The lowest BCUT2D eigenvalue weighted by Gasteiger charge is -2.13. The summed E-state index contributed by atoms with van der Waals surface area (Å²) in [6, 6.07) is -0.617. The third-order valence-corrected chi connectivity index (χ3v) is 4.13. The van der Waals surface area contributed by atoms with E-state index >= 15 is 0 Å². The van der Waals surface area contributed by atoms with Crippen molar-refractivity contribution in [3.8, 4) is 0 Å². The minimum Gasteiger partial charge on any atom is -0.354 e. The van der Waals surface area contributed by atoms with Crippen molar-refractivity contribution in [2.24, 2.45) is 5.73 Å². The molecule has 0 rings (SSSR count). The van der Waals surface area contributed by atoms with Gasteiger partial charge in [-0.25, -0.2) is 0 Å². The summed E-state index contributed by atoms with van der Waals surface area (Å²) < 4.78 is 0. The van der Waals surface area contributed by atoms with Crippen molar-refractivity contribution in [3.63, 3.8) is 0 Å². The zero-order valence-corrected chi connectivity index (χ0v) is 13.7. The van der Waals surface area contributed by atoms with Crippen molar-refractivity contribution in [1.29, 1.82) is 0 Å². The normalized spacial score (nSPS) is 12.1. The summed E-state index contributed by atoms with van der Waals surface area (Å²) in [5.74, 6) is -0.141. The molecule has 0 aromatic heterocycles. The van der Waals surface area contributed by atoms with Gasteiger partial charge in [0.25, 0.3) is 0 Å². The topological polar surface area (TPSA) is 101 Å². The van der Waals surface area contributed by atoms with E-state index in [0.717, 1.165) is 11.8 Å². The van der Waals surface area contributed by atoms with Crippen LogP contribution in [0, 0.1) is 0 Å². The Bertz CT molecular complexity index is 338. The van der Waals surface area contributed by atoms with Crippen molar-refractivity contribution < 1.29 is 14.4 Å². The van der Waals surface area contributed by atoms with Gasteiger partial charge < -0.3 is 16.4 Å². The minimum atomic E-state index is -0.617. The fraction of sp³-hybridized carbons (Fsp3) is 0.750. The highest BCUT2D eigenvalue weighted by Gasteiger charge is 2.14. The van der Waals surface area contributed by atoms with Crippen LogP contribution in [0.25, 0.3) is 0 Å². The molecule has 1 atom stereocenters. The van der Waals surface area contributed by atoms with Gasteiger partial charge in [0.1, 0.15) is 0 Å². The van der Waals surface area contributed by atoms with E-state index in [0.29, 0.717) is 11.0 Å². The fourth-order valence-electron chi connectivity index (χ4n) is 1.14. The molecular weight excluding hydrogens is 298 g/mol.